The molecule has 1 N–H and O–H groups in total. The van der Waals surface area contributed by atoms with Gasteiger partial charge < -0.3 is 5.09 Å². The minimum Gasteiger partial charge on any atom is -0.317 e. The molecule has 1 atom stereocenters. The number of nitro benzene ring substituents is 1. The Morgan fingerprint density at radius 2 is 1.94 bits per heavy atom. The summed E-state index contributed by atoms with van der Waals surface area (Å²) in [5.41, 5.74) is 0.872. The summed E-state index contributed by atoms with van der Waals surface area (Å²) in [5.74, 6) is -0.124. The highest BCUT2D eigenvalue weighted by atomic mass is 31.2. The van der Waals surface area contributed by atoms with E-state index in [9.17, 15) is 19.1 Å². The Morgan fingerprint density at radius 3 is 2.58 bits per heavy atom. The smallest absolute Gasteiger partial charge is 0.296 e. The predicted octanol–water partition coefficient (Wildman–Crippen LogP) is 4.11. The van der Waals surface area contributed by atoms with Crippen molar-refractivity contribution >= 4 is 35.8 Å². The van der Waals surface area contributed by atoms with Gasteiger partial charge in [0, 0.05) is 24.9 Å². The van der Waals surface area contributed by atoms with Crippen LogP contribution in [-0.2, 0) is 11.1 Å². The molecule has 0 spiro atoms. The quantitative estimate of drug-likeness (QED) is 0.328. The normalized spacial score (nSPS) is 17.2. The number of hydrogen-bond acceptors (Lipinski definition) is 6. The number of aromatic nitrogens is 2. The fourth-order valence-electron chi connectivity index (χ4n) is 3.63. The lowest BCUT2D eigenvalue weighted by molar-refractivity contribution is -0.384. The van der Waals surface area contributed by atoms with Gasteiger partial charge in [-0.25, -0.2) is 14.1 Å². The van der Waals surface area contributed by atoms with Crippen molar-refractivity contribution in [2.75, 3.05) is 12.1 Å². The van der Waals surface area contributed by atoms with E-state index in [1.54, 1.807) is 26.1 Å². The average molecular weight is 467 g/mol. The zero-order valence-corrected chi connectivity index (χ0v) is 18.7. The molecule has 0 fully saturated rings. The second-order valence-corrected chi connectivity index (χ2v) is 9.74. The number of hydrogen-bond donors (Lipinski definition) is 1. The third-order valence-electron chi connectivity index (χ3n) is 5.22. The number of nitrogens with one attached hydrogen (secondary N) is 1. The number of anilines is 1. The van der Waals surface area contributed by atoms with Gasteiger partial charge in [0.1, 0.15) is 17.0 Å². The molecule has 0 saturated carbocycles. The maximum atomic E-state index is 14.7. The standard InChI is InChI=1S/C21H19FN7O3P/c1-14-19-21(28(25-14)13-5-12-23)24-20(17-6-3-4-7-18(17)22)27(2)33(19,32)26-15-8-10-16(11-9-15)29(30)31/h3-4,6-11H,5,13H2,1-2H3,(H,26,32)/t33-/m1/s1. The van der Waals surface area contributed by atoms with E-state index in [1.165, 1.54) is 45.8 Å². The van der Waals surface area contributed by atoms with Crippen molar-refractivity contribution in [1.29, 1.82) is 5.26 Å². The van der Waals surface area contributed by atoms with Gasteiger partial charge >= 0.3 is 0 Å². The molecular weight excluding hydrogens is 448 g/mol. The van der Waals surface area contributed by atoms with Crippen molar-refractivity contribution in [1.82, 2.24) is 14.5 Å². The molecule has 1 aliphatic heterocycles. The molecule has 2 heterocycles. The summed E-state index contributed by atoms with van der Waals surface area (Å²) in [4.78, 5) is 15.1. The number of nitro groups is 1. The van der Waals surface area contributed by atoms with Gasteiger partial charge in [-0.3, -0.25) is 19.3 Å². The van der Waals surface area contributed by atoms with E-state index in [1.807, 2.05) is 6.07 Å². The lowest BCUT2D eigenvalue weighted by atomic mass is 10.2. The second-order valence-electron chi connectivity index (χ2n) is 7.32. The maximum Gasteiger partial charge on any atom is 0.296 e. The molecule has 33 heavy (non-hydrogen) atoms. The van der Waals surface area contributed by atoms with Crippen LogP contribution >= 0.6 is 7.44 Å². The Kier molecular flexibility index (Phi) is 5.70. The van der Waals surface area contributed by atoms with Crippen LogP contribution in [0, 0.1) is 34.2 Å². The SMILES string of the molecule is Cc1nn(CCC#N)c2c1[P@@](=O)(Nc1ccc([N+](=O)[O-])cc1)N(C)C(c1ccccc1F)=N2. The van der Waals surface area contributed by atoms with Crippen LogP contribution in [-0.4, -0.2) is 32.3 Å². The van der Waals surface area contributed by atoms with E-state index in [0.29, 0.717) is 16.7 Å². The highest BCUT2D eigenvalue weighted by Gasteiger charge is 2.43. The molecule has 168 valence electrons. The largest absolute Gasteiger partial charge is 0.317 e. The van der Waals surface area contributed by atoms with Gasteiger partial charge in [0.25, 0.3) is 13.1 Å². The number of benzene rings is 2. The van der Waals surface area contributed by atoms with Crippen molar-refractivity contribution in [3.8, 4) is 6.07 Å². The van der Waals surface area contributed by atoms with Crippen molar-refractivity contribution in [2.45, 2.75) is 19.9 Å². The number of halogens is 1. The highest BCUT2D eigenvalue weighted by Crippen LogP contribution is 2.54. The molecule has 0 bridgehead atoms. The number of fused-ring (bicyclic) bond motifs is 1. The molecule has 0 amide bonds. The predicted molar refractivity (Wildman–Crippen MR) is 122 cm³/mol. The van der Waals surface area contributed by atoms with Crippen molar-refractivity contribution < 1.29 is 13.9 Å². The van der Waals surface area contributed by atoms with Crippen LogP contribution in [0.3, 0.4) is 0 Å². The number of rotatable bonds is 6. The molecule has 3 aromatic rings. The van der Waals surface area contributed by atoms with Gasteiger partial charge in [-0.2, -0.15) is 10.4 Å². The van der Waals surface area contributed by atoms with E-state index in [2.05, 4.69) is 15.2 Å². The average Bonchev–Trinajstić information content (AvgIpc) is 3.11. The van der Waals surface area contributed by atoms with Crippen molar-refractivity contribution in [3.63, 3.8) is 0 Å². The molecular formula is C21H19FN7O3P. The first-order valence-corrected chi connectivity index (χ1v) is 11.6. The molecule has 0 radical (unpaired) electrons. The summed E-state index contributed by atoms with van der Waals surface area (Å²) in [6, 6.07) is 13.6. The van der Waals surface area contributed by atoms with E-state index in [4.69, 9.17) is 5.26 Å². The van der Waals surface area contributed by atoms with E-state index in [0.717, 1.165) is 0 Å². The first kappa shape index (κ1) is 22.2. The Morgan fingerprint density at radius 1 is 1.24 bits per heavy atom. The van der Waals surface area contributed by atoms with Crippen LogP contribution < -0.4 is 10.4 Å². The minimum atomic E-state index is -3.70. The third-order valence-corrected chi connectivity index (χ3v) is 7.95. The molecule has 1 aromatic heterocycles. The number of non-ortho nitro benzene ring substituents is 1. The number of nitriles is 1. The van der Waals surface area contributed by atoms with Gasteiger partial charge in [-0.05, 0) is 31.2 Å². The van der Waals surface area contributed by atoms with Gasteiger partial charge in [-0.15, -0.1) is 0 Å². The Balaban J connectivity index is 1.89. The van der Waals surface area contributed by atoms with Crippen LogP contribution in [0.25, 0.3) is 0 Å². The number of aliphatic imine (C=N–C) groups is 1. The highest BCUT2D eigenvalue weighted by molar-refractivity contribution is 7.72. The number of nitrogens with zero attached hydrogens (tertiary/aromatic N) is 6. The maximum absolute atomic E-state index is 14.7. The van der Waals surface area contributed by atoms with Gasteiger partial charge in [0.2, 0.25) is 0 Å². The second kappa shape index (κ2) is 8.48. The fourth-order valence-corrected chi connectivity index (χ4v) is 6.03. The fraction of sp³-hybridized carbons (Fsp3) is 0.190. The number of amidine groups is 1. The molecule has 1 aliphatic rings. The molecule has 10 nitrogen and oxygen atoms in total. The summed E-state index contributed by atoms with van der Waals surface area (Å²) < 4.78 is 32.1. The molecule has 12 heteroatoms. The Hall–Kier alpha value is -4.03. The third kappa shape index (κ3) is 3.85. The van der Waals surface area contributed by atoms with Gasteiger partial charge in [0.15, 0.2) is 5.82 Å². The molecule has 0 unspecified atom stereocenters. The topological polar surface area (TPSA) is 129 Å². The lowest BCUT2D eigenvalue weighted by Gasteiger charge is -2.35. The van der Waals surface area contributed by atoms with E-state index in [-0.39, 0.29) is 35.9 Å². The van der Waals surface area contributed by atoms with Crippen LogP contribution in [0.5, 0.6) is 0 Å². The van der Waals surface area contributed by atoms with Gasteiger partial charge in [-0.1, -0.05) is 12.1 Å². The lowest BCUT2D eigenvalue weighted by Crippen LogP contribution is -2.37. The first-order chi connectivity index (χ1) is 15.8. The van der Waals surface area contributed by atoms with Crippen molar-refractivity contribution in [3.05, 3.63) is 75.7 Å². The van der Waals surface area contributed by atoms with Gasteiger partial charge in [0.05, 0.1) is 35.2 Å². The van der Waals surface area contributed by atoms with Crippen LogP contribution in [0.1, 0.15) is 17.7 Å². The molecule has 0 aliphatic carbocycles. The summed E-state index contributed by atoms with van der Waals surface area (Å²) >= 11 is 0. The Bertz CT molecular complexity index is 1360. The number of aryl methyl sites for hydroxylation is 2. The first-order valence-electron chi connectivity index (χ1n) is 9.91. The molecule has 4 rings (SSSR count). The summed E-state index contributed by atoms with van der Waals surface area (Å²) in [7, 11) is -2.15. The molecule has 2 aromatic carbocycles. The minimum absolute atomic E-state index is 0.106. The monoisotopic (exact) mass is 467 g/mol. The van der Waals surface area contributed by atoms with E-state index < -0.39 is 18.2 Å². The summed E-state index contributed by atoms with van der Waals surface area (Å²) in [6.07, 6.45) is 0.161. The van der Waals surface area contributed by atoms with E-state index >= 15 is 0 Å². The molecule has 0 saturated heterocycles. The Labute approximate surface area is 188 Å². The summed E-state index contributed by atoms with van der Waals surface area (Å²) in [5, 5.41) is 27.7. The van der Waals surface area contributed by atoms with Crippen LogP contribution in [0.15, 0.2) is 53.5 Å². The zero-order valence-electron chi connectivity index (χ0n) is 17.8. The van der Waals surface area contributed by atoms with Crippen LogP contribution in [0.2, 0.25) is 0 Å². The van der Waals surface area contributed by atoms with Crippen LogP contribution in [0.4, 0.5) is 21.6 Å². The van der Waals surface area contributed by atoms with Crippen molar-refractivity contribution in [2.24, 2.45) is 4.99 Å². The zero-order chi connectivity index (χ0) is 23.8. The summed E-state index contributed by atoms with van der Waals surface area (Å²) in [6.45, 7) is 1.91.